The van der Waals surface area contributed by atoms with Crippen molar-refractivity contribution in [2.45, 2.75) is 6.54 Å². The lowest BCUT2D eigenvalue weighted by Crippen LogP contribution is -2.21. The zero-order valence-electron chi connectivity index (χ0n) is 17.4. The van der Waals surface area contributed by atoms with E-state index in [4.69, 9.17) is 11.5 Å². The van der Waals surface area contributed by atoms with Crippen LogP contribution in [-0.4, -0.2) is 44.9 Å². The molecule has 0 bridgehead atoms. The Labute approximate surface area is 191 Å². The Bertz CT molecular complexity index is 1410. The third-order valence-electron chi connectivity index (χ3n) is 4.97. The zero-order valence-corrected chi connectivity index (χ0v) is 18.3. The minimum absolute atomic E-state index is 0.128. The minimum atomic E-state index is -2.86. The zero-order chi connectivity index (χ0) is 23.4. The molecule has 10 nitrogen and oxygen atoms in total. The van der Waals surface area contributed by atoms with E-state index in [9.17, 15) is 13.2 Å². The lowest BCUT2D eigenvalue weighted by atomic mass is 10.1. The number of rotatable bonds is 8. The molecule has 4 rings (SSSR count). The largest absolute Gasteiger partial charge is 0.383 e. The van der Waals surface area contributed by atoms with Crippen molar-refractivity contribution in [3.8, 4) is 11.3 Å². The van der Waals surface area contributed by atoms with Crippen LogP contribution in [0.25, 0.3) is 28.4 Å². The Morgan fingerprint density at radius 3 is 2.61 bits per heavy atom. The fourth-order valence-corrected chi connectivity index (χ4v) is 3.78. The highest BCUT2D eigenvalue weighted by Crippen LogP contribution is 2.30. The third-order valence-corrected chi connectivity index (χ3v) is 5.72. The molecule has 2 aromatic carbocycles. The molecule has 0 unspecified atom stereocenters. The maximum absolute atomic E-state index is 11.8. The number of benzene rings is 2. The second-order valence-electron chi connectivity index (χ2n) is 7.10. The van der Waals surface area contributed by atoms with Crippen LogP contribution in [0.4, 0.5) is 5.82 Å². The SMILES string of the molecule is NC(=O)c1cccc(-c2nn(CCN(C=Cc3ccccc3)[SH](=O)=O)c3ncnc(N)c23)c1. The monoisotopic (exact) mass is 463 g/mol. The van der Waals surface area contributed by atoms with Crippen molar-refractivity contribution in [3.63, 3.8) is 0 Å². The molecule has 11 heteroatoms. The van der Waals surface area contributed by atoms with Gasteiger partial charge in [-0.1, -0.05) is 42.5 Å². The van der Waals surface area contributed by atoms with Gasteiger partial charge >= 0.3 is 0 Å². The molecule has 2 aromatic heterocycles. The molecule has 1 amide bonds. The molecule has 0 atom stereocenters. The quantitative estimate of drug-likeness (QED) is 0.336. The van der Waals surface area contributed by atoms with Crippen LogP contribution in [0, 0.1) is 0 Å². The third kappa shape index (κ3) is 4.83. The molecule has 0 saturated carbocycles. The number of nitrogens with zero attached hydrogens (tertiary/aromatic N) is 5. The van der Waals surface area contributed by atoms with Crippen LogP contribution in [0.2, 0.25) is 0 Å². The van der Waals surface area contributed by atoms with E-state index in [1.165, 1.54) is 16.8 Å². The number of nitrogens with two attached hydrogens (primary N) is 2. The molecule has 0 aliphatic rings. The molecule has 4 N–H and O–H groups in total. The van der Waals surface area contributed by atoms with Gasteiger partial charge in [-0.2, -0.15) is 5.10 Å². The predicted octanol–water partition coefficient (Wildman–Crippen LogP) is 1.67. The number of carbonyl (C=O) groups is 1. The maximum atomic E-state index is 11.8. The number of fused-ring (bicyclic) bond motifs is 1. The topological polar surface area (TPSA) is 150 Å². The van der Waals surface area contributed by atoms with Gasteiger partial charge in [-0.25, -0.2) is 23.1 Å². The van der Waals surface area contributed by atoms with Gasteiger partial charge in [0.05, 0.1) is 18.5 Å². The highest BCUT2D eigenvalue weighted by Gasteiger charge is 2.18. The fraction of sp³-hybridized carbons (Fsp3) is 0.0909. The average Bonchev–Trinajstić information content (AvgIpc) is 3.19. The molecule has 0 saturated heterocycles. The average molecular weight is 464 g/mol. The summed E-state index contributed by atoms with van der Waals surface area (Å²) in [5, 5.41) is 5.12. The van der Waals surface area contributed by atoms with Crippen LogP contribution in [-0.2, 0) is 17.4 Å². The molecule has 0 aliphatic carbocycles. The second kappa shape index (κ2) is 9.49. The Morgan fingerprint density at radius 1 is 1.09 bits per heavy atom. The number of anilines is 1. The number of hydrogen-bond donors (Lipinski definition) is 3. The van der Waals surface area contributed by atoms with Crippen LogP contribution in [0.3, 0.4) is 0 Å². The lowest BCUT2D eigenvalue weighted by molar-refractivity contribution is 0.100. The van der Waals surface area contributed by atoms with E-state index in [0.717, 1.165) is 5.56 Å². The smallest absolute Gasteiger partial charge is 0.248 e. The highest BCUT2D eigenvalue weighted by molar-refractivity contribution is 7.70. The molecule has 0 fully saturated rings. The van der Waals surface area contributed by atoms with E-state index >= 15 is 0 Å². The van der Waals surface area contributed by atoms with Crippen LogP contribution in [0.1, 0.15) is 15.9 Å². The van der Waals surface area contributed by atoms with Crippen molar-refractivity contribution in [2.24, 2.45) is 5.73 Å². The first-order chi connectivity index (χ1) is 15.9. The van der Waals surface area contributed by atoms with Gasteiger partial charge in [0.1, 0.15) is 17.8 Å². The first kappa shape index (κ1) is 22.0. The van der Waals surface area contributed by atoms with Crippen LogP contribution in [0.15, 0.2) is 67.1 Å². The highest BCUT2D eigenvalue weighted by atomic mass is 32.2. The molecule has 33 heavy (non-hydrogen) atoms. The summed E-state index contributed by atoms with van der Waals surface area (Å²) in [5.74, 6) is -0.341. The maximum Gasteiger partial charge on any atom is 0.248 e. The predicted molar refractivity (Wildman–Crippen MR) is 126 cm³/mol. The number of thiol groups is 1. The van der Waals surface area contributed by atoms with Gasteiger partial charge in [0.15, 0.2) is 5.65 Å². The van der Waals surface area contributed by atoms with E-state index in [0.29, 0.717) is 27.9 Å². The summed E-state index contributed by atoms with van der Waals surface area (Å²) in [5.41, 5.74) is 14.3. The second-order valence-corrected chi connectivity index (χ2v) is 8.09. The Morgan fingerprint density at radius 2 is 1.88 bits per heavy atom. The Balaban J connectivity index is 1.67. The summed E-state index contributed by atoms with van der Waals surface area (Å²) < 4.78 is 26.3. The first-order valence-corrected chi connectivity index (χ1v) is 11.1. The first-order valence-electron chi connectivity index (χ1n) is 9.95. The molecular weight excluding hydrogens is 442 g/mol. The summed E-state index contributed by atoms with van der Waals surface area (Å²) in [6.45, 7) is 0.342. The van der Waals surface area contributed by atoms with Crippen molar-refractivity contribution >= 4 is 39.7 Å². The number of carbonyl (C=O) groups excluding carboxylic acids is 1. The van der Waals surface area contributed by atoms with Crippen LogP contribution < -0.4 is 11.5 Å². The van der Waals surface area contributed by atoms with E-state index in [2.05, 4.69) is 15.1 Å². The molecule has 4 aromatic rings. The van der Waals surface area contributed by atoms with Gasteiger partial charge in [-0.15, -0.1) is 0 Å². The van der Waals surface area contributed by atoms with Crippen molar-refractivity contribution in [1.82, 2.24) is 24.1 Å². The van der Waals surface area contributed by atoms with Crippen molar-refractivity contribution < 1.29 is 13.2 Å². The summed E-state index contributed by atoms with van der Waals surface area (Å²) in [4.78, 5) is 19.9. The van der Waals surface area contributed by atoms with Gasteiger partial charge in [-0.05, 0) is 23.8 Å². The summed E-state index contributed by atoms with van der Waals surface area (Å²) >= 11 is 0. The standard InChI is InChI=1S/C22H21N7O3S/c23-20-18-19(16-7-4-8-17(13-16)21(24)30)27-29(22(18)26-14-25-20)12-11-28(33(31)32)10-9-15-5-2-1-3-6-15/h1-10,13-14,33H,11-12H2,(H2,24,30)(H2,23,25,26). The van der Waals surface area contributed by atoms with Gasteiger partial charge in [0, 0.05) is 17.3 Å². The molecular formula is C22H21N7O3S. The van der Waals surface area contributed by atoms with Crippen LogP contribution >= 0.6 is 0 Å². The lowest BCUT2D eigenvalue weighted by Gasteiger charge is -2.12. The number of amides is 1. The molecule has 0 spiro atoms. The van der Waals surface area contributed by atoms with E-state index in [-0.39, 0.29) is 18.9 Å². The van der Waals surface area contributed by atoms with E-state index in [1.54, 1.807) is 35.0 Å². The van der Waals surface area contributed by atoms with Gasteiger partial charge in [-0.3, -0.25) is 9.10 Å². The summed E-state index contributed by atoms with van der Waals surface area (Å²) in [7, 11) is -2.86. The van der Waals surface area contributed by atoms with Gasteiger partial charge < -0.3 is 11.5 Å². The Kier molecular flexibility index (Phi) is 6.31. The van der Waals surface area contributed by atoms with Gasteiger partial charge in [0.2, 0.25) is 16.8 Å². The number of nitrogen functional groups attached to an aromatic ring is 1. The van der Waals surface area contributed by atoms with Crippen molar-refractivity contribution in [1.29, 1.82) is 0 Å². The molecule has 0 radical (unpaired) electrons. The number of primary amides is 1. The fourth-order valence-electron chi connectivity index (χ4n) is 3.35. The summed E-state index contributed by atoms with van der Waals surface area (Å²) in [6, 6.07) is 16.1. The van der Waals surface area contributed by atoms with E-state index in [1.807, 2.05) is 30.3 Å². The van der Waals surface area contributed by atoms with Crippen molar-refractivity contribution in [2.75, 3.05) is 12.3 Å². The molecule has 0 aliphatic heterocycles. The van der Waals surface area contributed by atoms with E-state index < -0.39 is 16.8 Å². The van der Waals surface area contributed by atoms with Crippen molar-refractivity contribution in [3.05, 3.63) is 78.3 Å². The molecule has 168 valence electrons. The number of aromatic nitrogens is 4. The normalized spacial score (nSPS) is 11.4. The Hall–Kier alpha value is -4.25. The summed E-state index contributed by atoms with van der Waals surface area (Å²) in [6.07, 6.45) is 4.54. The van der Waals surface area contributed by atoms with Crippen LogP contribution in [0.5, 0.6) is 0 Å². The number of hydrogen-bond acceptors (Lipinski definition) is 7. The molecule has 2 heterocycles. The van der Waals surface area contributed by atoms with Gasteiger partial charge in [0.25, 0.3) is 0 Å². The minimum Gasteiger partial charge on any atom is -0.383 e.